The lowest BCUT2D eigenvalue weighted by Crippen LogP contribution is -2.36. The zero-order valence-electron chi connectivity index (χ0n) is 15.7. The van der Waals surface area contributed by atoms with Gasteiger partial charge in [0.1, 0.15) is 11.4 Å². The second-order valence-corrected chi connectivity index (χ2v) is 8.41. The first-order chi connectivity index (χ1) is 14.1. The molecule has 3 aromatic rings. The molecule has 2 N–H and O–H groups in total. The molecule has 1 aliphatic heterocycles. The Kier molecular flexibility index (Phi) is 5.88. The first-order valence-electron chi connectivity index (χ1n) is 9.31. The molecule has 154 valence electrons. The summed E-state index contributed by atoms with van der Waals surface area (Å²) in [7, 11) is -3.55. The topological polar surface area (TPSA) is 122 Å². The monoisotopic (exact) mass is 418 g/mol. The van der Waals surface area contributed by atoms with Crippen LogP contribution in [0.1, 0.15) is 5.69 Å². The number of nitrogens with one attached hydrogen (secondary N) is 2. The van der Waals surface area contributed by atoms with Crippen LogP contribution in [0, 0.1) is 0 Å². The number of hydrogen-bond acceptors (Lipinski definition) is 9. The molecule has 1 fully saturated rings. The lowest BCUT2D eigenvalue weighted by atomic mass is 10.2. The van der Waals surface area contributed by atoms with Crippen LogP contribution in [0.2, 0.25) is 0 Å². The molecule has 29 heavy (non-hydrogen) atoms. The van der Waals surface area contributed by atoms with Crippen LogP contribution in [-0.4, -0.2) is 63.2 Å². The Bertz CT molecular complexity index is 1060. The Morgan fingerprint density at radius 3 is 2.83 bits per heavy atom. The summed E-state index contributed by atoms with van der Waals surface area (Å²) in [5.74, 6) is 0.353. The lowest BCUT2D eigenvalue weighted by Gasteiger charge is -2.28. The molecule has 1 aliphatic rings. The minimum atomic E-state index is -3.55. The van der Waals surface area contributed by atoms with Gasteiger partial charge in [-0.2, -0.15) is 5.10 Å². The van der Waals surface area contributed by atoms with E-state index in [-0.39, 0.29) is 12.3 Å². The molecular weight excluding hydrogens is 396 g/mol. The molecule has 4 rings (SSSR count). The lowest BCUT2D eigenvalue weighted by molar-refractivity contribution is 0.122. The van der Waals surface area contributed by atoms with E-state index in [9.17, 15) is 8.42 Å². The van der Waals surface area contributed by atoms with E-state index >= 15 is 0 Å². The fraction of sp³-hybridized carbons (Fsp3) is 0.389. The third-order valence-electron chi connectivity index (χ3n) is 4.55. The van der Waals surface area contributed by atoms with Crippen molar-refractivity contribution in [3.8, 4) is 0 Å². The van der Waals surface area contributed by atoms with Crippen LogP contribution in [0.4, 0.5) is 11.5 Å². The molecule has 0 radical (unpaired) electrons. The van der Waals surface area contributed by atoms with Gasteiger partial charge in [0.2, 0.25) is 10.0 Å². The summed E-state index contributed by atoms with van der Waals surface area (Å²) in [6, 6.07) is 9.07. The summed E-state index contributed by atoms with van der Waals surface area (Å²) in [6.07, 6.45) is 1.71. The third-order valence-corrected chi connectivity index (χ3v) is 5.85. The third kappa shape index (κ3) is 5.00. The maximum absolute atomic E-state index is 12.3. The van der Waals surface area contributed by atoms with Crippen LogP contribution in [0.15, 0.2) is 41.1 Å². The normalized spacial score (nSPS) is 15.0. The maximum Gasteiger partial charge on any atom is 0.217 e. The predicted molar refractivity (Wildman–Crippen MR) is 108 cm³/mol. The Balaban J connectivity index is 1.28. The number of morpholine rings is 1. The van der Waals surface area contributed by atoms with Crippen LogP contribution < -0.4 is 14.9 Å². The Morgan fingerprint density at radius 2 is 1.97 bits per heavy atom. The van der Waals surface area contributed by atoms with E-state index in [1.54, 1.807) is 18.3 Å². The molecule has 1 aromatic carbocycles. The van der Waals surface area contributed by atoms with Gasteiger partial charge in [0.25, 0.3) is 0 Å². The first-order valence-corrected chi connectivity index (χ1v) is 11.0. The van der Waals surface area contributed by atoms with Crippen LogP contribution >= 0.6 is 0 Å². The highest BCUT2D eigenvalue weighted by molar-refractivity contribution is 7.88. The van der Waals surface area contributed by atoms with Crippen molar-refractivity contribution < 1.29 is 17.7 Å². The van der Waals surface area contributed by atoms with Gasteiger partial charge in [0.05, 0.1) is 25.1 Å². The van der Waals surface area contributed by atoms with Gasteiger partial charge >= 0.3 is 0 Å². The molecule has 0 saturated carbocycles. The van der Waals surface area contributed by atoms with Crippen LogP contribution in [0.3, 0.4) is 0 Å². The van der Waals surface area contributed by atoms with Gasteiger partial charge in [-0.25, -0.2) is 13.1 Å². The molecule has 10 nitrogen and oxygen atoms in total. The first kappa shape index (κ1) is 19.6. The summed E-state index contributed by atoms with van der Waals surface area (Å²) < 4.78 is 37.8. The van der Waals surface area contributed by atoms with E-state index in [0.717, 1.165) is 18.8 Å². The number of fused-ring (bicyclic) bond motifs is 1. The number of aromatic nitrogens is 3. The van der Waals surface area contributed by atoms with E-state index in [4.69, 9.17) is 9.26 Å². The molecule has 0 amide bonds. The number of anilines is 2. The second kappa shape index (κ2) is 8.72. The van der Waals surface area contributed by atoms with Crippen molar-refractivity contribution in [1.82, 2.24) is 20.1 Å². The highest BCUT2D eigenvalue weighted by Crippen LogP contribution is 2.19. The quantitative estimate of drug-likeness (QED) is 0.516. The van der Waals surface area contributed by atoms with Crippen molar-refractivity contribution >= 4 is 32.5 Å². The molecule has 2 aromatic heterocycles. The minimum absolute atomic E-state index is 0.210. The van der Waals surface area contributed by atoms with Crippen molar-refractivity contribution in [2.45, 2.75) is 5.75 Å². The number of hydrogen-bond donors (Lipinski definition) is 2. The van der Waals surface area contributed by atoms with Crippen LogP contribution in [-0.2, 0) is 20.5 Å². The van der Waals surface area contributed by atoms with Gasteiger partial charge in [0, 0.05) is 37.6 Å². The maximum atomic E-state index is 12.3. The molecule has 0 spiro atoms. The number of para-hydroxylation sites is 1. The van der Waals surface area contributed by atoms with Crippen molar-refractivity contribution in [3.63, 3.8) is 0 Å². The number of nitrogens with zero attached hydrogens (tertiary/aromatic N) is 4. The smallest absolute Gasteiger partial charge is 0.217 e. The number of ether oxygens (including phenoxy) is 1. The highest BCUT2D eigenvalue weighted by atomic mass is 32.2. The van der Waals surface area contributed by atoms with Crippen molar-refractivity contribution in [2.24, 2.45) is 0 Å². The fourth-order valence-corrected chi connectivity index (χ4v) is 4.19. The van der Waals surface area contributed by atoms with E-state index in [1.807, 2.05) is 18.2 Å². The summed E-state index contributed by atoms with van der Waals surface area (Å²) >= 11 is 0. The van der Waals surface area contributed by atoms with Gasteiger partial charge < -0.3 is 19.5 Å². The highest BCUT2D eigenvalue weighted by Gasteiger charge is 2.17. The Labute approximate surface area is 168 Å². The molecule has 0 unspecified atom stereocenters. The van der Waals surface area contributed by atoms with Gasteiger partial charge in [-0.3, -0.25) is 0 Å². The second-order valence-electron chi connectivity index (χ2n) is 6.60. The van der Waals surface area contributed by atoms with E-state index < -0.39 is 10.0 Å². The van der Waals surface area contributed by atoms with Gasteiger partial charge in [-0.1, -0.05) is 17.3 Å². The number of rotatable bonds is 8. The number of sulfonamides is 1. The standard InChI is InChI=1S/C18H22N6O4S/c25-29(26,13-16-15-3-1-2-4-17(15)28-23-16)21-6-5-19-18-11-14(12-20-22-18)24-7-9-27-10-8-24/h1-4,11-12,21H,5-10,13H2,(H,19,22). The van der Waals surface area contributed by atoms with Crippen LogP contribution in [0.25, 0.3) is 11.0 Å². The molecule has 3 heterocycles. The summed E-state index contributed by atoms with van der Waals surface area (Å²) in [6.45, 7) is 3.58. The van der Waals surface area contributed by atoms with Crippen molar-refractivity contribution in [3.05, 3.63) is 42.2 Å². The fourth-order valence-electron chi connectivity index (χ4n) is 3.11. The Hall–Kier alpha value is -2.76. The molecule has 0 atom stereocenters. The van der Waals surface area contributed by atoms with Gasteiger partial charge in [-0.15, -0.1) is 5.10 Å². The summed E-state index contributed by atoms with van der Waals surface area (Å²) in [4.78, 5) is 2.17. The minimum Gasteiger partial charge on any atom is -0.378 e. The largest absolute Gasteiger partial charge is 0.378 e. The van der Waals surface area contributed by atoms with E-state index in [2.05, 4.69) is 30.3 Å². The van der Waals surface area contributed by atoms with Crippen LogP contribution in [0.5, 0.6) is 0 Å². The summed E-state index contributed by atoms with van der Waals surface area (Å²) in [5.41, 5.74) is 1.92. The zero-order valence-corrected chi connectivity index (χ0v) is 16.6. The molecule has 0 aliphatic carbocycles. The average Bonchev–Trinajstić information content (AvgIpc) is 3.14. The predicted octanol–water partition coefficient (Wildman–Crippen LogP) is 0.986. The molecule has 1 saturated heterocycles. The molecular formula is C18H22N6O4S. The van der Waals surface area contributed by atoms with Crippen molar-refractivity contribution in [1.29, 1.82) is 0 Å². The van der Waals surface area contributed by atoms with E-state index in [0.29, 0.717) is 42.2 Å². The Morgan fingerprint density at radius 1 is 1.14 bits per heavy atom. The molecule has 0 bridgehead atoms. The molecule has 11 heteroatoms. The zero-order chi connectivity index (χ0) is 20.1. The summed E-state index contributed by atoms with van der Waals surface area (Å²) in [5, 5.41) is 15.7. The SMILES string of the molecule is O=S(=O)(Cc1noc2ccccc12)NCCNc1cc(N2CCOCC2)cnn1. The average molecular weight is 418 g/mol. The van der Waals surface area contributed by atoms with Crippen molar-refractivity contribution in [2.75, 3.05) is 49.6 Å². The van der Waals surface area contributed by atoms with E-state index in [1.165, 1.54) is 0 Å². The number of benzene rings is 1. The van der Waals surface area contributed by atoms with Gasteiger partial charge in [-0.05, 0) is 12.1 Å². The van der Waals surface area contributed by atoms with Gasteiger partial charge in [0.15, 0.2) is 11.4 Å².